The van der Waals surface area contributed by atoms with Crippen LogP contribution >= 0.6 is 11.3 Å². The Bertz CT molecular complexity index is 719. The van der Waals surface area contributed by atoms with Crippen molar-refractivity contribution in [1.82, 2.24) is 10.6 Å². The molecule has 23 heavy (non-hydrogen) atoms. The number of halogens is 1. The van der Waals surface area contributed by atoms with E-state index in [9.17, 15) is 14.3 Å². The summed E-state index contributed by atoms with van der Waals surface area (Å²) in [7, 11) is 1.52. The first-order valence-electron chi connectivity index (χ1n) is 7.47. The number of carbonyl (C=O) groups excluding carboxylic acids is 1. The van der Waals surface area contributed by atoms with Crippen molar-refractivity contribution >= 4 is 27.3 Å². The van der Waals surface area contributed by atoms with Crippen molar-refractivity contribution in [2.45, 2.75) is 12.7 Å². The topological polar surface area (TPSA) is 70.6 Å². The van der Waals surface area contributed by atoms with Gasteiger partial charge in [-0.1, -0.05) is 6.07 Å². The van der Waals surface area contributed by atoms with Crippen molar-refractivity contribution in [2.75, 3.05) is 26.7 Å². The molecule has 3 N–H and O–H groups in total. The third kappa shape index (κ3) is 3.23. The Kier molecular flexibility index (Phi) is 4.91. The van der Waals surface area contributed by atoms with Crippen LogP contribution < -0.4 is 10.6 Å². The van der Waals surface area contributed by atoms with Crippen LogP contribution in [0.4, 0.5) is 4.39 Å². The molecule has 7 heteroatoms. The van der Waals surface area contributed by atoms with Crippen LogP contribution in [-0.2, 0) is 11.3 Å². The van der Waals surface area contributed by atoms with Crippen molar-refractivity contribution in [3.05, 3.63) is 34.5 Å². The van der Waals surface area contributed by atoms with E-state index < -0.39 is 6.10 Å². The van der Waals surface area contributed by atoms with Gasteiger partial charge in [0, 0.05) is 48.3 Å². The number of aliphatic hydroxyl groups is 1. The molecular formula is C16H19FN2O3S. The maximum absolute atomic E-state index is 14.1. The highest BCUT2D eigenvalue weighted by atomic mass is 32.1. The minimum atomic E-state index is -0.450. The van der Waals surface area contributed by atoms with Crippen LogP contribution in [0.2, 0.25) is 0 Å². The molecule has 1 fully saturated rings. The number of nitrogens with one attached hydrogen (secondary N) is 2. The molecule has 3 rings (SSSR count). The Morgan fingerprint density at radius 1 is 1.52 bits per heavy atom. The number of ether oxygens (including phenoxy) is 1. The highest BCUT2D eigenvalue weighted by Crippen LogP contribution is 2.33. The molecule has 1 amide bonds. The van der Waals surface area contributed by atoms with E-state index >= 15 is 0 Å². The van der Waals surface area contributed by atoms with Gasteiger partial charge in [-0.25, -0.2) is 4.39 Å². The second-order valence-electron chi connectivity index (χ2n) is 5.65. The van der Waals surface area contributed by atoms with Crippen molar-refractivity contribution in [3.63, 3.8) is 0 Å². The molecule has 0 radical (unpaired) electrons. The number of β-amino-alcohol motifs (C(OH)–C–C–N with tert-alkyl or cyclic N) is 1. The monoisotopic (exact) mass is 338 g/mol. The largest absolute Gasteiger partial charge is 0.391 e. The molecule has 1 aromatic carbocycles. The molecular weight excluding hydrogens is 319 g/mol. The van der Waals surface area contributed by atoms with Crippen LogP contribution in [0.15, 0.2) is 18.2 Å². The van der Waals surface area contributed by atoms with E-state index in [2.05, 4.69) is 10.6 Å². The Morgan fingerprint density at radius 3 is 3.04 bits per heavy atom. The highest BCUT2D eigenvalue weighted by molar-refractivity contribution is 7.21. The van der Waals surface area contributed by atoms with Crippen LogP contribution in [0.5, 0.6) is 0 Å². The number of hydrogen-bond acceptors (Lipinski definition) is 5. The van der Waals surface area contributed by atoms with Crippen molar-refractivity contribution in [2.24, 2.45) is 5.92 Å². The van der Waals surface area contributed by atoms with Gasteiger partial charge in [0.1, 0.15) is 5.82 Å². The quantitative estimate of drug-likeness (QED) is 0.773. The predicted octanol–water partition coefficient (Wildman–Crippen LogP) is 1.50. The summed E-state index contributed by atoms with van der Waals surface area (Å²) in [5.74, 6) is -0.604. The lowest BCUT2D eigenvalue weighted by atomic mass is 10.1. The molecule has 124 valence electrons. The van der Waals surface area contributed by atoms with E-state index in [-0.39, 0.29) is 24.2 Å². The summed E-state index contributed by atoms with van der Waals surface area (Å²) in [5.41, 5.74) is 0.577. The number of aliphatic hydroxyl groups excluding tert-OH is 1. The molecule has 1 aliphatic rings. The van der Waals surface area contributed by atoms with Gasteiger partial charge >= 0.3 is 0 Å². The van der Waals surface area contributed by atoms with E-state index in [4.69, 9.17) is 4.74 Å². The fourth-order valence-corrected chi connectivity index (χ4v) is 4.00. The molecule has 0 bridgehead atoms. The van der Waals surface area contributed by atoms with Gasteiger partial charge in [-0.3, -0.25) is 4.79 Å². The fraction of sp³-hybridized carbons (Fsp3) is 0.438. The number of methoxy groups -OCH3 is 1. The first kappa shape index (κ1) is 16.3. The van der Waals surface area contributed by atoms with Gasteiger partial charge in [0.2, 0.25) is 0 Å². The van der Waals surface area contributed by atoms with Gasteiger partial charge in [0.25, 0.3) is 5.91 Å². The van der Waals surface area contributed by atoms with Gasteiger partial charge in [-0.2, -0.15) is 0 Å². The minimum absolute atomic E-state index is 0.00376. The van der Waals surface area contributed by atoms with Crippen molar-refractivity contribution in [1.29, 1.82) is 0 Å². The maximum atomic E-state index is 14.1. The molecule has 2 heterocycles. The maximum Gasteiger partial charge on any atom is 0.261 e. The first-order valence-corrected chi connectivity index (χ1v) is 8.29. The second-order valence-corrected chi connectivity index (χ2v) is 6.70. The third-order valence-electron chi connectivity index (χ3n) is 4.09. The van der Waals surface area contributed by atoms with Crippen LogP contribution in [0.25, 0.3) is 10.1 Å². The Balaban J connectivity index is 1.84. The third-order valence-corrected chi connectivity index (χ3v) is 5.28. The fourth-order valence-electron chi connectivity index (χ4n) is 2.86. The highest BCUT2D eigenvalue weighted by Gasteiger charge is 2.26. The second kappa shape index (κ2) is 6.92. The normalized spacial score (nSPS) is 21.0. The van der Waals surface area contributed by atoms with Crippen molar-refractivity contribution in [3.8, 4) is 0 Å². The van der Waals surface area contributed by atoms with Crippen LogP contribution in [-0.4, -0.2) is 43.9 Å². The van der Waals surface area contributed by atoms with Gasteiger partial charge in [-0.05, 0) is 12.1 Å². The smallest absolute Gasteiger partial charge is 0.261 e. The summed E-state index contributed by atoms with van der Waals surface area (Å²) < 4.78 is 20.0. The summed E-state index contributed by atoms with van der Waals surface area (Å²) in [6, 6.07) is 4.81. The SMILES string of the molecule is COCc1c(C(=O)NCC2CNCC2O)sc2cccc(F)c12. The number of hydrogen-bond donors (Lipinski definition) is 3. The van der Waals surface area contributed by atoms with Crippen LogP contribution in [0.1, 0.15) is 15.2 Å². The molecule has 1 aliphatic heterocycles. The molecule has 1 aromatic heterocycles. The number of rotatable bonds is 5. The summed E-state index contributed by atoms with van der Waals surface area (Å²) in [6.45, 7) is 1.78. The van der Waals surface area contributed by atoms with Gasteiger partial charge in [-0.15, -0.1) is 11.3 Å². The molecule has 0 aliphatic carbocycles. The summed E-state index contributed by atoms with van der Waals surface area (Å²) in [5, 5.41) is 16.2. The average Bonchev–Trinajstić information content (AvgIpc) is 3.10. The van der Waals surface area contributed by atoms with E-state index in [1.165, 1.54) is 24.5 Å². The number of thiophene rings is 1. The lowest BCUT2D eigenvalue weighted by Crippen LogP contribution is -2.34. The summed E-state index contributed by atoms with van der Waals surface area (Å²) in [4.78, 5) is 13.0. The first-order chi connectivity index (χ1) is 11.1. The minimum Gasteiger partial charge on any atom is -0.391 e. The molecule has 2 aromatic rings. The van der Waals surface area contributed by atoms with Crippen LogP contribution in [0.3, 0.4) is 0 Å². The van der Waals surface area contributed by atoms with Gasteiger partial charge in [0.15, 0.2) is 0 Å². The molecule has 0 spiro atoms. The average molecular weight is 338 g/mol. The summed E-state index contributed by atoms with van der Waals surface area (Å²) >= 11 is 1.26. The predicted molar refractivity (Wildman–Crippen MR) is 87.2 cm³/mol. The Labute approximate surface area is 137 Å². The standard InChI is InChI=1S/C16H19FN2O3S/c1-22-8-10-14-11(17)3-2-4-13(14)23-15(10)16(21)19-6-9-5-18-7-12(9)20/h2-4,9,12,18,20H,5-8H2,1H3,(H,19,21). The summed E-state index contributed by atoms with van der Waals surface area (Å²) in [6.07, 6.45) is -0.450. The van der Waals surface area contributed by atoms with Crippen LogP contribution in [0, 0.1) is 11.7 Å². The number of fused-ring (bicyclic) bond motifs is 1. The zero-order valence-corrected chi connectivity index (χ0v) is 13.6. The lowest BCUT2D eigenvalue weighted by Gasteiger charge is -2.14. The number of carbonyl (C=O) groups is 1. The number of benzene rings is 1. The molecule has 2 atom stereocenters. The Hall–Kier alpha value is -1.54. The zero-order valence-electron chi connectivity index (χ0n) is 12.8. The zero-order chi connectivity index (χ0) is 16.4. The van der Waals surface area contributed by atoms with E-state index in [1.54, 1.807) is 12.1 Å². The number of amides is 1. The van der Waals surface area contributed by atoms with E-state index in [0.717, 1.165) is 4.70 Å². The molecule has 0 saturated carbocycles. The molecule has 2 unspecified atom stereocenters. The van der Waals surface area contributed by atoms with Gasteiger partial charge < -0.3 is 20.5 Å². The molecule has 1 saturated heterocycles. The Morgan fingerprint density at radius 2 is 2.35 bits per heavy atom. The van der Waals surface area contributed by atoms with Crippen molar-refractivity contribution < 1.29 is 19.0 Å². The lowest BCUT2D eigenvalue weighted by molar-refractivity contribution is 0.0927. The molecule has 5 nitrogen and oxygen atoms in total. The van der Waals surface area contributed by atoms with Gasteiger partial charge in [0.05, 0.1) is 17.6 Å². The van der Waals surface area contributed by atoms with E-state index in [1.807, 2.05) is 0 Å². The van der Waals surface area contributed by atoms with E-state index in [0.29, 0.717) is 35.5 Å².